The van der Waals surface area contributed by atoms with Gasteiger partial charge in [-0.25, -0.2) is 19.3 Å². The van der Waals surface area contributed by atoms with Crippen LogP contribution in [0.3, 0.4) is 0 Å². The number of hydrogen-bond acceptors (Lipinski definition) is 8. The molecule has 1 aliphatic rings. The summed E-state index contributed by atoms with van der Waals surface area (Å²) < 4.78 is 27.9. The molecule has 2 aromatic carbocycles. The fourth-order valence-electron chi connectivity index (χ4n) is 4.88. The van der Waals surface area contributed by atoms with Crippen molar-refractivity contribution >= 4 is 22.7 Å². The summed E-state index contributed by atoms with van der Waals surface area (Å²) in [5.74, 6) is 2.16. The van der Waals surface area contributed by atoms with Crippen LogP contribution in [0.15, 0.2) is 61.1 Å². The number of aryl methyl sites for hydroxylation is 1. The zero-order chi connectivity index (χ0) is 26.4. The Morgan fingerprint density at radius 1 is 1.13 bits per heavy atom. The average molecular weight is 532 g/mol. The van der Waals surface area contributed by atoms with E-state index < -0.39 is 11.4 Å². The molecule has 38 heavy (non-hydrogen) atoms. The van der Waals surface area contributed by atoms with Crippen LogP contribution >= 0.6 is 11.3 Å². The van der Waals surface area contributed by atoms with Crippen LogP contribution in [0.5, 0.6) is 17.2 Å². The van der Waals surface area contributed by atoms with Crippen molar-refractivity contribution in [3.63, 3.8) is 0 Å². The smallest absolute Gasteiger partial charge is 0.150 e. The molecule has 3 heterocycles. The predicted molar refractivity (Wildman–Crippen MR) is 143 cm³/mol. The summed E-state index contributed by atoms with van der Waals surface area (Å²) in [4.78, 5) is 14.3. The monoisotopic (exact) mass is 531 g/mol. The van der Waals surface area contributed by atoms with Gasteiger partial charge in [0.2, 0.25) is 0 Å². The van der Waals surface area contributed by atoms with Gasteiger partial charge in [0.05, 0.1) is 15.5 Å². The molecule has 0 aliphatic heterocycles. The van der Waals surface area contributed by atoms with Crippen LogP contribution in [0.1, 0.15) is 41.4 Å². The first kappa shape index (κ1) is 24.3. The van der Waals surface area contributed by atoms with Crippen molar-refractivity contribution < 1.29 is 19.0 Å². The number of nitrogens with two attached hydrogens (primary N) is 1. The molecule has 6 rings (SSSR count). The second kappa shape index (κ2) is 9.38. The average Bonchev–Trinajstić information content (AvgIpc) is 3.46. The van der Waals surface area contributed by atoms with E-state index in [-0.39, 0.29) is 5.92 Å². The minimum absolute atomic E-state index is 0.139. The molecule has 3 aromatic heterocycles. The highest BCUT2D eigenvalue weighted by Gasteiger charge is 2.41. The molecule has 10 heteroatoms. The summed E-state index contributed by atoms with van der Waals surface area (Å²) in [6.07, 6.45) is 6.54. The van der Waals surface area contributed by atoms with Gasteiger partial charge in [-0.3, -0.25) is 4.40 Å². The maximum atomic E-state index is 14.3. The quantitative estimate of drug-likeness (QED) is 0.270. The van der Waals surface area contributed by atoms with Gasteiger partial charge in [0.15, 0.2) is 0 Å². The van der Waals surface area contributed by atoms with Gasteiger partial charge in [0, 0.05) is 48.3 Å². The third-order valence-corrected chi connectivity index (χ3v) is 7.49. The molecular formula is C28H26FN5O3S. The first-order chi connectivity index (χ1) is 18.2. The maximum Gasteiger partial charge on any atom is 0.150 e. The molecule has 0 bridgehead atoms. The van der Waals surface area contributed by atoms with Gasteiger partial charge in [0.1, 0.15) is 52.5 Å². The van der Waals surface area contributed by atoms with Crippen molar-refractivity contribution in [3.05, 3.63) is 82.6 Å². The van der Waals surface area contributed by atoms with Crippen molar-refractivity contribution in [1.82, 2.24) is 19.4 Å². The molecule has 3 N–H and O–H groups in total. The summed E-state index contributed by atoms with van der Waals surface area (Å²) in [5.41, 5.74) is 7.86. The lowest BCUT2D eigenvalue weighted by Crippen LogP contribution is -2.40. The molecule has 1 saturated carbocycles. The molecule has 0 amide bonds. The topological polar surface area (TPSA) is 108 Å². The van der Waals surface area contributed by atoms with Crippen molar-refractivity contribution in [2.24, 2.45) is 0 Å². The highest BCUT2D eigenvalue weighted by Crippen LogP contribution is 2.45. The van der Waals surface area contributed by atoms with Crippen LogP contribution in [-0.4, -0.2) is 30.1 Å². The summed E-state index contributed by atoms with van der Waals surface area (Å²) in [7, 11) is 0. The van der Waals surface area contributed by atoms with E-state index in [0.717, 1.165) is 26.8 Å². The molecule has 8 nitrogen and oxygen atoms in total. The number of hydrogen-bond donors (Lipinski definition) is 2. The fraction of sp³-hybridized carbons (Fsp3) is 0.250. The number of anilines is 1. The Bertz CT molecular complexity index is 1620. The Morgan fingerprint density at radius 3 is 2.61 bits per heavy atom. The summed E-state index contributed by atoms with van der Waals surface area (Å²) in [5, 5.41) is 11.2. The molecule has 1 aliphatic carbocycles. The van der Waals surface area contributed by atoms with Crippen LogP contribution in [0, 0.1) is 12.7 Å². The number of ether oxygens (including phenoxy) is 2. The summed E-state index contributed by atoms with van der Waals surface area (Å²) in [6, 6.07) is 11.7. The fourth-order valence-corrected chi connectivity index (χ4v) is 5.59. The van der Waals surface area contributed by atoms with Crippen LogP contribution in [0.2, 0.25) is 0 Å². The highest BCUT2D eigenvalue weighted by atomic mass is 32.1. The number of aliphatic hydroxyl groups is 1. The minimum Gasteiger partial charge on any atom is -0.488 e. The van der Waals surface area contributed by atoms with Gasteiger partial charge in [-0.2, -0.15) is 0 Å². The van der Waals surface area contributed by atoms with Crippen molar-refractivity contribution in [1.29, 1.82) is 0 Å². The van der Waals surface area contributed by atoms with Crippen LogP contribution in [0.25, 0.3) is 16.8 Å². The van der Waals surface area contributed by atoms with E-state index in [1.54, 1.807) is 30.6 Å². The van der Waals surface area contributed by atoms with Gasteiger partial charge in [-0.1, -0.05) is 0 Å². The zero-order valence-electron chi connectivity index (χ0n) is 20.9. The number of rotatable bonds is 7. The van der Waals surface area contributed by atoms with Crippen molar-refractivity contribution in [3.8, 4) is 28.5 Å². The van der Waals surface area contributed by atoms with Gasteiger partial charge in [-0.15, -0.1) is 11.3 Å². The molecule has 0 radical (unpaired) electrons. The van der Waals surface area contributed by atoms with Crippen LogP contribution in [0.4, 0.5) is 10.2 Å². The Labute approximate surface area is 222 Å². The van der Waals surface area contributed by atoms with Crippen molar-refractivity contribution in [2.45, 2.75) is 44.8 Å². The summed E-state index contributed by atoms with van der Waals surface area (Å²) >= 11 is 1.54. The van der Waals surface area contributed by atoms with Gasteiger partial charge >= 0.3 is 0 Å². The molecule has 0 atom stereocenters. The number of nitrogens with zero attached hydrogens (tertiary/aromatic N) is 4. The second-order valence-corrected chi connectivity index (χ2v) is 11.2. The van der Waals surface area contributed by atoms with E-state index in [9.17, 15) is 9.50 Å². The highest BCUT2D eigenvalue weighted by molar-refractivity contribution is 7.11. The lowest BCUT2D eigenvalue weighted by Gasteiger charge is -2.40. The van der Waals surface area contributed by atoms with Crippen molar-refractivity contribution in [2.75, 3.05) is 5.73 Å². The van der Waals surface area contributed by atoms with E-state index in [1.165, 1.54) is 23.5 Å². The van der Waals surface area contributed by atoms with E-state index >= 15 is 0 Å². The summed E-state index contributed by atoms with van der Waals surface area (Å²) in [6.45, 7) is 4.07. The van der Waals surface area contributed by atoms with E-state index in [1.807, 2.05) is 36.6 Å². The first-order valence-corrected chi connectivity index (χ1v) is 13.0. The lowest BCUT2D eigenvalue weighted by atomic mass is 9.72. The van der Waals surface area contributed by atoms with E-state index in [2.05, 4.69) is 9.97 Å². The SMILES string of the molecule is Cc1ncc(COc2cc(F)cc(Oc3ccc(-c4nc([C@H]5C[C@@](C)(O)C5)n5ccnc(N)c45)cc3)c2)s1. The maximum absolute atomic E-state index is 14.3. The number of aromatic nitrogens is 4. The number of fused-ring (bicyclic) bond motifs is 1. The Kier molecular flexibility index (Phi) is 6.00. The second-order valence-electron chi connectivity index (χ2n) is 9.84. The number of benzene rings is 2. The Balaban J connectivity index is 1.23. The largest absolute Gasteiger partial charge is 0.488 e. The Hall–Kier alpha value is -4.02. The minimum atomic E-state index is -0.670. The number of nitrogen functional groups attached to an aromatic ring is 1. The molecule has 1 fully saturated rings. The van der Waals surface area contributed by atoms with Gasteiger partial charge < -0.3 is 20.3 Å². The Morgan fingerprint density at radius 2 is 1.89 bits per heavy atom. The molecule has 5 aromatic rings. The van der Waals surface area contributed by atoms with Crippen LogP contribution in [-0.2, 0) is 6.61 Å². The lowest BCUT2D eigenvalue weighted by molar-refractivity contribution is -0.0335. The third-order valence-electron chi connectivity index (χ3n) is 6.61. The molecule has 0 unspecified atom stereocenters. The zero-order valence-corrected chi connectivity index (χ0v) is 21.7. The standard InChI is InChI=1S/C28H26FN5O3S/c1-16-32-14-23(38-16)15-36-21-9-19(29)10-22(11-21)37-20-5-3-17(4-6-20)24-25-26(30)31-7-8-34(25)27(33-24)18-12-28(2,35)13-18/h3-11,14,18,35H,12-13,15H2,1-2H3,(H2,30,31)/t18-,28+. The van der Waals surface area contributed by atoms with Gasteiger partial charge in [0.25, 0.3) is 0 Å². The molecule has 194 valence electrons. The van der Waals surface area contributed by atoms with Crippen LogP contribution < -0.4 is 15.2 Å². The van der Waals surface area contributed by atoms with E-state index in [0.29, 0.717) is 48.2 Å². The normalized spacial score (nSPS) is 18.9. The number of imidazole rings is 1. The molecule has 0 saturated heterocycles. The predicted octanol–water partition coefficient (Wildman–Crippen LogP) is 5.88. The van der Waals surface area contributed by atoms with Gasteiger partial charge in [-0.05, 0) is 51.0 Å². The molecular weight excluding hydrogens is 505 g/mol. The number of thiazole rings is 1. The molecule has 0 spiro atoms. The third kappa shape index (κ3) is 4.80. The number of halogens is 1. The van der Waals surface area contributed by atoms with E-state index in [4.69, 9.17) is 20.2 Å². The first-order valence-electron chi connectivity index (χ1n) is 12.2.